The minimum Gasteiger partial charge on any atom is -0.507 e. The smallest absolute Gasteiger partial charge is 0.235 e. The summed E-state index contributed by atoms with van der Waals surface area (Å²) in [5.41, 5.74) is 5.78. The maximum Gasteiger partial charge on any atom is 0.235 e. The highest BCUT2D eigenvalue weighted by Crippen LogP contribution is 2.53. The average Bonchev–Trinajstić information content (AvgIpc) is 2.95. The van der Waals surface area contributed by atoms with Gasteiger partial charge in [0.2, 0.25) is 5.91 Å². The molecule has 42 heavy (non-hydrogen) atoms. The maximum absolute atomic E-state index is 14.3. The molecule has 2 fully saturated rings. The molecule has 2 unspecified atom stereocenters. The minimum atomic E-state index is -2.76. The Morgan fingerprint density at radius 3 is 2.02 bits per heavy atom. The quantitative estimate of drug-likeness (QED) is 0.406. The second-order valence-corrected chi connectivity index (χ2v) is 11.7. The highest BCUT2D eigenvalue weighted by Gasteiger charge is 2.69. The summed E-state index contributed by atoms with van der Waals surface area (Å²) < 4.78 is 0. The topological polar surface area (TPSA) is 155 Å². The largest absolute Gasteiger partial charge is 0.507 e. The molecule has 0 aromatic heterocycles. The van der Waals surface area contributed by atoms with Gasteiger partial charge in [0, 0.05) is 11.5 Å². The molecule has 214 valence electrons. The molecule has 1 amide bonds. The van der Waals surface area contributed by atoms with Crippen molar-refractivity contribution in [1.82, 2.24) is 4.90 Å². The van der Waals surface area contributed by atoms with Crippen molar-refractivity contribution in [3.63, 3.8) is 0 Å². The number of rotatable bonds is 4. The summed E-state index contributed by atoms with van der Waals surface area (Å²) in [5, 5.41) is 23.4. The molecule has 3 aliphatic rings. The fourth-order valence-electron chi connectivity index (χ4n) is 7.38. The zero-order chi connectivity index (χ0) is 30.1. The van der Waals surface area contributed by atoms with Crippen LogP contribution in [0, 0.1) is 23.7 Å². The summed E-state index contributed by atoms with van der Waals surface area (Å²) in [6.07, 6.45) is 0.192. The van der Waals surface area contributed by atoms with E-state index in [1.54, 1.807) is 38.4 Å². The summed E-state index contributed by atoms with van der Waals surface area (Å²) in [7, 11) is 3.12. The van der Waals surface area contributed by atoms with E-state index < -0.39 is 64.4 Å². The summed E-state index contributed by atoms with van der Waals surface area (Å²) in [6.45, 7) is 0. The Labute approximate surface area is 241 Å². The predicted molar refractivity (Wildman–Crippen MR) is 152 cm³/mol. The third kappa shape index (κ3) is 3.80. The number of aromatic hydroxyl groups is 1. The lowest BCUT2D eigenvalue weighted by atomic mass is 9.52. The van der Waals surface area contributed by atoms with Crippen molar-refractivity contribution >= 4 is 29.0 Å². The Bertz CT molecular complexity index is 1670. The first kappa shape index (κ1) is 27.7. The van der Waals surface area contributed by atoms with Crippen molar-refractivity contribution in [1.29, 1.82) is 0 Å². The molecule has 6 rings (SSSR count). The minimum absolute atomic E-state index is 0.000671. The molecule has 6 atom stereocenters. The van der Waals surface area contributed by atoms with Gasteiger partial charge in [0.25, 0.3) is 0 Å². The SMILES string of the molecule is CN(C)[C@@H]1C(=O)C(C(N)=O)C(=O)[C@@]2(O)C(=O)C3C(=O)c4c(O)c(-c5ccccc5)cc(-c5ccccc5)c4C[C@H]3C[C@@H]12. The van der Waals surface area contributed by atoms with Crippen LogP contribution in [-0.2, 0) is 25.6 Å². The van der Waals surface area contributed by atoms with Crippen molar-refractivity contribution in [2.45, 2.75) is 24.5 Å². The van der Waals surface area contributed by atoms with E-state index >= 15 is 0 Å². The van der Waals surface area contributed by atoms with Gasteiger partial charge in [0.1, 0.15) is 5.75 Å². The number of primary amides is 1. The lowest BCUT2D eigenvalue weighted by Crippen LogP contribution is -2.74. The number of benzene rings is 3. The number of phenols is 1. The van der Waals surface area contributed by atoms with E-state index in [-0.39, 0.29) is 24.2 Å². The number of aliphatic hydroxyl groups is 1. The van der Waals surface area contributed by atoms with Crippen LogP contribution in [0.4, 0.5) is 0 Å². The molecule has 9 nitrogen and oxygen atoms in total. The number of Topliss-reactive ketones (excluding diaryl/α,β-unsaturated/α-hetero) is 4. The highest BCUT2D eigenvalue weighted by molar-refractivity contribution is 6.32. The monoisotopic (exact) mass is 566 g/mol. The molecule has 4 N–H and O–H groups in total. The zero-order valence-electron chi connectivity index (χ0n) is 23.1. The number of nitrogens with two attached hydrogens (primary N) is 1. The number of hydrogen-bond acceptors (Lipinski definition) is 8. The number of nitrogens with zero attached hydrogens (tertiary/aromatic N) is 1. The van der Waals surface area contributed by atoms with Crippen molar-refractivity contribution < 1.29 is 34.2 Å². The first-order valence-corrected chi connectivity index (χ1v) is 13.8. The van der Waals surface area contributed by atoms with Gasteiger partial charge in [-0.15, -0.1) is 0 Å². The Morgan fingerprint density at radius 1 is 0.905 bits per heavy atom. The van der Waals surface area contributed by atoms with Gasteiger partial charge in [0.05, 0.1) is 17.5 Å². The average molecular weight is 567 g/mol. The van der Waals surface area contributed by atoms with Crippen LogP contribution in [0.1, 0.15) is 22.3 Å². The van der Waals surface area contributed by atoms with Gasteiger partial charge in [0.15, 0.2) is 34.7 Å². The fraction of sp³-hybridized carbons (Fsp3) is 0.303. The van der Waals surface area contributed by atoms with Crippen LogP contribution in [0.15, 0.2) is 66.7 Å². The number of fused-ring (bicyclic) bond motifs is 3. The molecule has 2 saturated carbocycles. The third-order valence-corrected chi connectivity index (χ3v) is 9.23. The summed E-state index contributed by atoms with van der Waals surface area (Å²) in [5.74, 6) is -10.6. The standard InChI is InChI=1S/C33H30N2O7/c1-35(2)26-22-14-18-13-21-19(16-9-5-3-6-10-16)15-20(17-11-7-4-8-12-17)27(36)24(21)28(37)23(18)30(39)33(22,42)31(40)25(29(26)38)32(34)41/h3-12,15,18,22-23,25-26,36,42H,13-14H2,1-2H3,(H2,34,41)/t18-,22-,23?,25?,26-,33-/m0/s1. The van der Waals surface area contributed by atoms with Crippen LogP contribution in [-0.4, -0.2) is 69.9 Å². The van der Waals surface area contributed by atoms with E-state index in [4.69, 9.17) is 5.73 Å². The van der Waals surface area contributed by atoms with Gasteiger partial charge in [-0.1, -0.05) is 60.7 Å². The third-order valence-electron chi connectivity index (χ3n) is 9.23. The van der Waals surface area contributed by atoms with E-state index in [1.165, 1.54) is 4.90 Å². The summed E-state index contributed by atoms with van der Waals surface area (Å²) >= 11 is 0. The van der Waals surface area contributed by atoms with Crippen molar-refractivity contribution in [3.05, 3.63) is 77.9 Å². The van der Waals surface area contributed by atoms with Gasteiger partial charge < -0.3 is 15.9 Å². The van der Waals surface area contributed by atoms with Crippen LogP contribution in [0.25, 0.3) is 22.3 Å². The van der Waals surface area contributed by atoms with E-state index in [2.05, 4.69) is 0 Å². The summed E-state index contributed by atoms with van der Waals surface area (Å²) in [4.78, 5) is 69.0. The lowest BCUT2D eigenvalue weighted by molar-refractivity contribution is -0.181. The van der Waals surface area contributed by atoms with Crippen molar-refractivity contribution in [2.24, 2.45) is 29.4 Å². The van der Waals surface area contributed by atoms with Crippen LogP contribution in [0.3, 0.4) is 0 Å². The normalized spacial score (nSPS) is 28.7. The Hall–Kier alpha value is -4.47. The van der Waals surface area contributed by atoms with Gasteiger partial charge in [-0.3, -0.25) is 28.9 Å². The maximum atomic E-state index is 14.3. The van der Waals surface area contributed by atoms with Crippen molar-refractivity contribution in [2.75, 3.05) is 14.1 Å². The van der Waals surface area contributed by atoms with Crippen LogP contribution in [0.5, 0.6) is 5.75 Å². The first-order chi connectivity index (χ1) is 20.0. The van der Waals surface area contributed by atoms with E-state index in [0.717, 1.165) is 11.1 Å². The number of ketones is 4. The molecular formula is C33H30N2O7. The lowest BCUT2D eigenvalue weighted by Gasteiger charge is -2.52. The van der Waals surface area contributed by atoms with Crippen LogP contribution < -0.4 is 5.73 Å². The number of phenolic OH excluding ortho intramolecular Hbond substituents is 1. The molecular weight excluding hydrogens is 536 g/mol. The van der Waals surface area contributed by atoms with Gasteiger partial charge in [-0.2, -0.15) is 0 Å². The molecule has 0 aliphatic heterocycles. The number of likely N-dealkylation sites (N-methyl/N-ethyl adjacent to an activating group) is 1. The van der Waals surface area contributed by atoms with Gasteiger partial charge >= 0.3 is 0 Å². The fourth-order valence-corrected chi connectivity index (χ4v) is 7.38. The Morgan fingerprint density at radius 2 is 1.48 bits per heavy atom. The molecule has 9 heteroatoms. The second kappa shape index (κ2) is 9.82. The molecule has 0 saturated heterocycles. The Kier molecular flexibility index (Phi) is 6.47. The second-order valence-electron chi connectivity index (χ2n) is 11.7. The summed E-state index contributed by atoms with van der Waals surface area (Å²) in [6, 6.07) is 19.1. The van der Waals surface area contributed by atoms with Crippen LogP contribution in [0.2, 0.25) is 0 Å². The van der Waals surface area contributed by atoms with E-state index in [1.807, 2.05) is 42.5 Å². The number of carbonyl (C=O) groups excluding carboxylic acids is 5. The number of carbonyl (C=O) groups is 5. The Balaban J connectivity index is 1.55. The molecule has 0 spiro atoms. The van der Waals surface area contributed by atoms with Crippen molar-refractivity contribution in [3.8, 4) is 28.0 Å². The molecule has 0 bridgehead atoms. The van der Waals surface area contributed by atoms with E-state index in [0.29, 0.717) is 16.7 Å². The predicted octanol–water partition coefficient (Wildman–Crippen LogP) is 2.20. The first-order valence-electron chi connectivity index (χ1n) is 13.8. The molecule has 0 radical (unpaired) electrons. The highest BCUT2D eigenvalue weighted by atomic mass is 16.3. The van der Waals surface area contributed by atoms with Gasteiger partial charge in [-0.05, 0) is 61.2 Å². The molecule has 3 aromatic carbocycles. The van der Waals surface area contributed by atoms with E-state index in [9.17, 15) is 34.2 Å². The zero-order valence-corrected chi connectivity index (χ0v) is 23.1. The number of amides is 1. The molecule has 3 aliphatic carbocycles. The van der Waals surface area contributed by atoms with Gasteiger partial charge in [-0.25, -0.2) is 0 Å². The molecule has 0 heterocycles. The van der Waals surface area contributed by atoms with Crippen LogP contribution >= 0.6 is 0 Å². The molecule has 3 aromatic rings. The number of hydrogen-bond donors (Lipinski definition) is 3.